The van der Waals surface area contributed by atoms with Crippen LogP contribution in [0.5, 0.6) is 5.88 Å². The Morgan fingerprint density at radius 3 is 2.71 bits per heavy atom. The topological polar surface area (TPSA) is 76.9 Å². The third-order valence-electron chi connectivity index (χ3n) is 3.73. The van der Waals surface area contributed by atoms with Crippen LogP contribution in [0, 0.1) is 18.3 Å². The van der Waals surface area contributed by atoms with Crippen molar-refractivity contribution in [1.82, 2.24) is 9.78 Å². The first-order valence-corrected chi connectivity index (χ1v) is 6.87. The van der Waals surface area contributed by atoms with E-state index in [0.717, 1.165) is 16.8 Å². The Balaban J connectivity index is 2.27. The maximum Gasteiger partial charge on any atom is 0.224 e. The number of nitrogens with two attached hydrogens (primary N) is 1. The fraction of sp³-hybridized carbons (Fsp3) is 0.250. The van der Waals surface area contributed by atoms with E-state index >= 15 is 0 Å². The van der Waals surface area contributed by atoms with Gasteiger partial charge in [0.05, 0.1) is 17.2 Å². The molecular formula is C16H16N4O. The van der Waals surface area contributed by atoms with E-state index in [2.05, 4.69) is 11.2 Å². The predicted octanol–water partition coefficient (Wildman–Crippen LogP) is 2.43. The highest BCUT2D eigenvalue weighted by Gasteiger charge is 2.35. The van der Waals surface area contributed by atoms with Crippen molar-refractivity contribution in [3.8, 4) is 11.9 Å². The molecule has 2 heterocycles. The highest BCUT2D eigenvalue weighted by Crippen LogP contribution is 2.43. The molecule has 0 amide bonds. The first kappa shape index (κ1) is 13.3. The summed E-state index contributed by atoms with van der Waals surface area (Å²) in [6.45, 7) is 4.61. The smallest absolute Gasteiger partial charge is 0.224 e. The lowest BCUT2D eigenvalue weighted by molar-refractivity contribution is 0.350. The van der Waals surface area contributed by atoms with Crippen LogP contribution in [0.1, 0.15) is 29.7 Å². The lowest BCUT2D eigenvalue weighted by atomic mass is 9.84. The van der Waals surface area contributed by atoms with Crippen LogP contribution >= 0.6 is 0 Å². The molecule has 0 saturated carbocycles. The first-order chi connectivity index (χ1) is 10.2. The standard InChI is InChI=1S/C16H16N4O/c1-3-20-16-13(10(2)19-20)14(11-7-5-4-6-8-11)12(9-17)15(18)21-16/h4-8,14H,3,18H2,1-2H3. The third kappa shape index (κ3) is 1.96. The van der Waals surface area contributed by atoms with Crippen LogP contribution in [0.3, 0.4) is 0 Å². The average molecular weight is 280 g/mol. The van der Waals surface area contributed by atoms with Gasteiger partial charge in [-0.2, -0.15) is 10.4 Å². The summed E-state index contributed by atoms with van der Waals surface area (Å²) in [5.74, 6) is 0.578. The Bertz CT molecular complexity index is 753. The van der Waals surface area contributed by atoms with Gasteiger partial charge in [-0.1, -0.05) is 30.3 Å². The zero-order valence-corrected chi connectivity index (χ0v) is 12.0. The van der Waals surface area contributed by atoms with Crippen molar-refractivity contribution < 1.29 is 4.74 Å². The van der Waals surface area contributed by atoms with E-state index in [9.17, 15) is 5.26 Å². The van der Waals surface area contributed by atoms with Crippen molar-refractivity contribution >= 4 is 0 Å². The Hall–Kier alpha value is -2.74. The number of allylic oxidation sites excluding steroid dienone is 1. The molecule has 1 aromatic carbocycles. The fourth-order valence-corrected chi connectivity index (χ4v) is 2.77. The SMILES string of the molecule is CCn1nc(C)c2c1OC(N)=C(C#N)C2c1ccccc1. The molecular weight excluding hydrogens is 264 g/mol. The molecule has 1 atom stereocenters. The van der Waals surface area contributed by atoms with E-state index in [0.29, 0.717) is 18.0 Å². The molecule has 2 aromatic rings. The lowest BCUT2D eigenvalue weighted by Gasteiger charge is -2.24. The van der Waals surface area contributed by atoms with E-state index in [1.807, 2.05) is 44.2 Å². The molecule has 1 aliphatic heterocycles. The molecule has 2 N–H and O–H groups in total. The first-order valence-electron chi connectivity index (χ1n) is 6.87. The summed E-state index contributed by atoms with van der Waals surface area (Å²) in [7, 11) is 0. The van der Waals surface area contributed by atoms with Gasteiger partial charge in [-0.15, -0.1) is 0 Å². The highest BCUT2D eigenvalue weighted by molar-refractivity contribution is 5.55. The van der Waals surface area contributed by atoms with E-state index in [-0.39, 0.29) is 11.8 Å². The summed E-state index contributed by atoms with van der Waals surface area (Å²) in [6.07, 6.45) is 0. The minimum absolute atomic E-state index is 0.161. The van der Waals surface area contributed by atoms with Gasteiger partial charge < -0.3 is 10.5 Å². The normalized spacial score (nSPS) is 17.1. The number of aromatic nitrogens is 2. The van der Waals surface area contributed by atoms with Crippen LogP contribution in [-0.2, 0) is 6.54 Å². The quantitative estimate of drug-likeness (QED) is 0.916. The Morgan fingerprint density at radius 1 is 1.38 bits per heavy atom. The molecule has 106 valence electrons. The number of rotatable bonds is 2. The molecule has 5 nitrogen and oxygen atoms in total. The summed E-state index contributed by atoms with van der Waals surface area (Å²) in [5.41, 5.74) is 9.20. The van der Waals surface area contributed by atoms with Gasteiger partial charge in [-0.3, -0.25) is 0 Å². The third-order valence-corrected chi connectivity index (χ3v) is 3.73. The number of fused-ring (bicyclic) bond motifs is 1. The summed E-state index contributed by atoms with van der Waals surface area (Å²) < 4.78 is 7.44. The van der Waals surface area contributed by atoms with Crippen LogP contribution in [0.4, 0.5) is 0 Å². The van der Waals surface area contributed by atoms with Crippen molar-refractivity contribution in [2.24, 2.45) is 5.73 Å². The molecule has 5 heteroatoms. The second kappa shape index (κ2) is 4.98. The van der Waals surface area contributed by atoms with Gasteiger partial charge in [0.25, 0.3) is 0 Å². The number of hydrogen-bond acceptors (Lipinski definition) is 4. The zero-order valence-electron chi connectivity index (χ0n) is 12.0. The van der Waals surface area contributed by atoms with Crippen molar-refractivity contribution in [3.63, 3.8) is 0 Å². The van der Waals surface area contributed by atoms with Crippen LogP contribution in [-0.4, -0.2) is 9.78 Å². The number of aryl methyl sites for hydroxylation is 2. The van der Waals surface area contributed by atoms with Crippen molar-refractivity contribution in [1.29, 1.82) is 5.26 Å². The molecule has 3 rings (SSSR count). The number of nitrogens with zero attached hydrogens (tertiary/aromatic N) is 3. The van der Waals surface area contributed by atoms with Gasteiger partial charge >= 0.3 is 0 Å². The zero-order chi connectivity index (χ0) is 15.0. The van der Waals surface area contributed by atoms with Gasteiger partial charge in [0.15, 0.2) is 0 Å². The van der Waals surface area contributed by atoms with Crippen LogP contribution < -0.4 is 10.5 Å². The molecule has 1 unspecified atom stereocenters. The Kier molecular flexibility index (Phi) is 3.15. The molecule has 0 fully saturated rings. The van der Waals surface area contributed by atoms with Crippen molar-refractivity contribution in [2.75, 3.05) is 0 Å². The monoisotopic (exact) mass is 280 g/mol. The minimum Gasteiger partial charge on any atom is -0.422 e. The summed E-state index contributed by atoms with van der Waals surface area (Å²) in [4.78, 5) is 0. The molecule has 21 heavy (non-hydrogen) atoms. The van der Waals surface area contributed by atoms with E-state index < -0.39 is 0 Å². The maximum atomic E-state index is 9.48. The Morgan fingerprint density at radius 2 is 2.10 bits per heavy atom. The molecule has 0 radical (unpaired) electrons. The largest absolute Gasteiger partial charge is 0.422 e. The van der Waals surface area contributed by atoms with Gasteiger partial charge in [0, 0.05) is 6.54 Å². The minimum atomic E-state index is -0.222. The van der Waals surface area contributed by atoms with Gasteiger partial charge in [0.1, 0.15) is 11.6 Å². The van der Waals surface area contributed by atoms with Crippen LogP contribution in [0.2, 0.25) is 0 Å². The maximum absolute atomic E-state index is 9.48. The highest BCUT2D eigenvalue weighted by atomic mass is 16.5. The van der Waals surface area contributed by atoms with Crippen LogP contribution in [0.25, 0.3) is 0 Å². The van der Waals surface area contributed by atoms with Gasteiger partial charge in [-0.25, -0.2) is 4.68 Å². The number of benzene rings is 1. The number of nitriles is 1. The Labute approximate surface area is 123 Å². The van der Waals surface area contributed by atoms with E-state index in [1.54, 1.807) is 4.68 Å². The van der Waals surface area contributed by atoms with Crippen LogP contribution in [0.15, 0.2) is 41.8 Å². The summed E-state index contributed by atoms with van der Waals surface area (Å²) in [6, 6.07) is 12.0. The molecule has 1 aromatic heterocycles. The number of hydrogen-bond donors (Lipinski definition) is 1. The second-order valence-electron chi connectivity index (χ2n) is 4.96. The second-order valence-corrected chi connectivity index (χ2v) is 4.96. The molecule has 0 bridgehead atoms. The molecule has 0 saturated heterocycles. The van der Waals surface area contributed by atoms with Gasteiger partial charge in [-0.05, 0) is 19.4 Å². The summed E-state index contributed by atoms with van der Waals surface area (Å²) >= 11 is 0. The van der Waals surface area contributed by atoms with Crippen molar-refractivity contribution in [3.05, 3.63) is 58.6 Å². The average Bonchev–Trinajstić information content (AvgIpc) is 2.82. The number of ether oxygens (including phenoxy) is 1. The van der Waals surface area contributed by atoms with E-state index in [4.69, 9.17) is 10.5 Å². The predicted molar refractivity (Wildman–Crippen MR) is 78.4 cm³/mol. The molecule has 1 aliphatic rings. The van der Waals surface area contributed by atoms with Gasteiger partial charge in [0.2, 0.25) is 11.8 Å². The fourth-order valence-electron chi connectivity index (χ4n) is 2.77. The van der Waals surface area contributed by atoms with Crippen molar-refractivity contribution in [2.45, 2.75) is 26.3 Å². The molecule has 0 aliphatic carbocycles. The lowest BCUT2D eigenvalue weighted by Crippen LogP contribution is -2.22. The van der Waals surface area contributed by atoms with E-state index in [1.165, 1.54) is 0 Å². The molecule has 0 spiro atoms. The summed E-state index contributed by atoms with van der Waals surface area (Å²) in [5, 5.41) is 14.0.